The summed E-state index contributed by atoms with van der Waals surface area (Å²) in [6, 6.07) is 21.8. The van der Waals surface area contributed by atoms with Gasteiger partial charge in [0.1, 0.15) is 5.75 Å². The molecule has 184 valence electrons. The number of carbonyl (C=O) groups is 1. The Bertz CT molecular complexity index is 1130. The van der Waals surface area contributed by atoms with Crippen LogP contribution in [-0.4, -0.2) is 62.1 Å². The van der Waals surface area contributed by atoms with Crippen LogP contribution < -0.4 is 10.1 Å². The lowest BCUT2D eigenvalue weighted by Crippen LogP contribution is -2.43. The SMILES string of the molecule is CN1CCN(Cc2cc(-c3ccc(Cl)c(Cl)c3)ccc2OCC(=O)NCCc2ccccc2)CC1. The van der Waals surface area contributed by atoms with Crippen LogP contribution in [0.3, 0.4) is 0 Å². The molecule has 0 bridgehead atoms. The van der Waals surface area contributed by atoms with E-state index in [1.807, 2.05) is 48.5 Å². The normalized spacial score (nSPS) is 14.6. The molecular weight excluding hydrogens is 481 g/mol. The third-order valence-corrected chi connectivity index (χ3v) is 6.98. The first-order valence-corrected chi connectivity index (χ1v) is 12.7. The second-order valence-electron chi connectivity index (χ2n) is 8.91. The van der Waals surface area contributed by atoms with Crippen molar-refractivity contribution in [3.63, 3.8) is 0 Å². The molecule has 3 aromatic carbocycles. The van der Waals surface area contributed by atoms with Gasteiger partial charge in [-0.15, -0.1) is 0 Å². The molecule has 0 radical (unpaired) electrons. The zero-order valence-corrected chi connectivity index (χ0v) is 21.5. The number of halogens is 2. The van der Waals surface area contributed by atoms with Crippen LogP contribution in [0.1, 0.15) is 11.1 Å². The van der Waals surface area contributed by atoms with E-state index in [4.69, 9.17) is 27.9 Å². The topological polar surface area (TPSA) is 44.8 Å². The maximum Gasteiger partial charge on any atom is 0.257 e. The molecule has 1 N–H and O–H groups in total. The van der Waals surface area contributed by atoms with Gasteiger partial charge in [0.2, 0.25) is 0 Å². The Morgan fingerprint density at radius 1 is 0.914 bits per heavy atom. The lowest BCUT2D eigenvalue weighted by molar-refractivity contribution is -0.123. The zero-order valence-electron chi connectivity index (χ0n) is 20.0. The van der Waals surface area contributed by atoms with Crippen LogP contribution in [0.25, 0.3) is 11.1 Å². The molecule has 0 spiro atoms. The van der Waals surface area contributed by atoms with Crippen molar-refractivity contribution in [1.29, 1.82) is 0 Å². The Hall–Kier alpha value is -2.57. The highest BCUT2D eigenvalue weighted by atomic mass is 35.5. The number of nitrogens with zero attached hydrogens (tertiary/aromatic N) is 2. The van der Waals surface area contributed by atoms with Crippen LogP contribution >= 0.6 is 23.2 Å². The summed E-state index contributed by atoms with van der Waals surface area (Å²) in [5.41, 5.74) is 4.27. The smallest absolute Gasteiger partial charge is 0.257 e. The molecule has 0 unspecified atom stereocenters. The van der Waals surface area contributed by atoms with E-state index in [0.717, 1.165) is 61.6 Å². The van der Waals surface area contributed by atoms with Gasteiger partial charge in [0.05, 0.1) is 10.0 Å². The van der Waals surface area contributed by atoms with Gasteiger partial charge in [-0.1, -0.05) is 65.7 Å². The fourth-order valence-corrected chi connectivity index (χ4v) is 4.43. The summed E-state index contributed by atoms with van der Waals surface area (Å²) < 4.78 is 6.00. The molecular formula is C28H31Cl2N3O2. The van der Waals surface area contributed by atoms with Crippen molar-refractivity contribution in [2.75, 3.05) is 46.4 Å². The number of hydrogen-bond donors (Lipinski definition) is 1. The zero-order chi connectivity index (χ0) is 24.6. The van der Waals surface area contributed by atoms with Crippen LogP contribution in [0.4, 0.5) is 0 Å². The minimum atomic E-state index is -0.125. The number of benzene rings is 3. The summed E-state index contributed by atoms with van der Waals surface area (Å²) in [5.74, 6) is 0.603. The number of nitrogens with one attached hydrogen (secondary N) is 1. The highest BCUT2D eigenvalue weighted by Crippen LogP contribution is 2.32. The number of rotatable bonds is 9. The van der Waals surface area contributed by atoms with Crippen LogP contribution in [-0.2, 0) is 17.8 Å². The van der Waals surface area contributed by atoms with E-state index in [2.05, 4.69) is 40.4 Å². The number of piperazine rings is 1. The first-order valence-electron chi connectivity index (χ1n) is 11.9. The third kappa shape index (κ3) is 7.45. The minimum absolute atomic E-state index is 0.0172. The van der Waals surface area contributed by atoms with E-state index in [1.54, 1.807) is 0 Å². The predicted molar refractivity (Wildman–Crippen MR) is 143 cm³/mol. The summed E-state index contributed by atoms with van der Waals surface area (Å²) in [7, 11) is 2.15. The molecule has 1 amide bonds. The van der Waals surface area contributed by atoms with E-state index in [-0.39, 0.29) is 12.5 Å². The molecule has 0 saturated carbocycles. The Balaban J connectivity index is 1.43. The maximum absolute atomic E-state index is 12.4. The maximum atomic E-state index is 12.4. The average Bonchev–Trinajstić information content (AvgIpc) is 2.87. The first-order chi connectivity index (χ1) is 17.0. The van der Waals surface area contributed by atoms with E-state index < -0.39 is 0 Å². The van der Waals surface area contributed by atoms with Crippen molar-refractivity contribution in [2.24, 2.45) is 0 Å². The summed E-state index contributed by atoms with van der Waals surface area (Å²) in [5, 5.41) is 4.01. The minimum Gasteiger partial charge on any atom is -0.483 e. The van der Waals surface area contributed by atoms with Crippen LogP contribution in [0, 0.1) is 0 Å². The molecule has 3 aromatic rings. The van der Waals surface area contributed by atoms with E-state index in [9.17, 15) is 4.79 Å². The van der Waals surface area contributed by atoms with Gasteiger partial charge < -0.3 is 15.0 Å². The number of ether oxygens (including phenoxy) is 1. The van der Waals surface area contributed by atoms with Crippen molar-refractivity contribution >= 4 is 29.1 Å². The van der Waals surface area contributed by atoms with Gasteiger partial charge in [0.25, 0.3) is 5.91 Å². The van der Waals surface area contributed by atoms with E-state index >= 15 is 0 Å². The molecule has 1 aliphatic rings. The molecule has 0 aromatic heterocycles. The van der Waals surface area contributed by atoms with Gasteiger partial charge in [-0.3, -0.25) is 9.69 Å². The Morgan fingerprint density at radius 2 is 1.63 bits per heavy atom. The lowest BCUT2D eigenvalue weighted by atomic mass is 10.0. The quantitative estimate of drug-likeness (QED) is 0.431. The van der Waals surface area contributed by atoms with Crippen molar-refractivity contribution in [3.8, 4) is 16.9 Å². The summed E-state index contributed by atoms with van der Waals surface area (Å²) in [6.45, 7) is 5.38. The van der Waals surface area contributed by atoms with Gasteiger partial charge >= 0.3 is 0 Å². The fraction of sp³-hybridized carbons (Fsp3) is 0.321. The molecule has 0 aliphatic carbocycles. The summed E-state index contributed by atoms with van der Waals surface area (Å²) in [4.78, 5) is 17.2. The number of likely N-dealkylation sites (N-methyl/N-ethyl adjacent to an activating group) is 1. The van der Waals surface area contributed by atoms with Crippen LogP contribution in [0.2, 0.25) is 10.0 Å². The van der Waals surface area contributed by atoms with E-state index in [1.165, 1.54) is 5.56 Å². The van der Waals surface area contributed by atoms with Gasteiger partial charge in [0.15, 0.2) is 6.61 Å². The average molecular weight is 512 g/mol. The number of carbonyl (C=O) groups excluding carboxylic acids is 1. The largest absolute Gasteiger partial charge is 0.483 e. The molecule has 1 fully saturated rings. The van der Waals surface area contributed by atoms with Gasteiger partial charge in [-0.25, -0.2) is 0 Å². The molecule has 1 heterocycles. The third-order valence-electron chi connectivity index (χ3n) is 6.24. The molecule has 1 aliphatic heterocycles. The Kier molecular flexibility index (Phi) is 9.05. The standard InChI is InChI=1S/C28H31Cl2N3O2/c1-32-13-15-33(16-14-32)19-24-17-22(23-7-9-25(29)26(30)18-23)8-10-27(24)35-20-28(34)31-12-11-21-5-3-2-4-6-21/h2-10,17-18H,11-16,19-20H2,1H3,(H,31,34). The monoisotopic (exact) mass is 511 g/mol. The van der Waals surface area contributed by atoms with Crippen LogP contribution in [0.15, 0.2) is 66.7 Å². The Morgan fingerprint density at radius 3 is 2.37 bits per heavy atom. The van der Waals surface area contributed by atoms with Gasteiger partial charge in [0, 0.05) is 44.8 Å². The van der Waals surface area contributed by atoms with Crippen LogP contribution in [0.5, 0.6) is 5.75 Å². The van der Waals surface area contributed by atoms with E-state index in [0.29, 0.717) is 16.6 Å². The molecule has 5 nitrogen and oxygen atoms in total. The Labute approximate surface area is 217 Å². The molecule has 0 atom stereocenters. The van der Waals surface area contributed by atoms with Crippen molar-refractivity contribution < 1.29 is 9.53 Å². The molecule has 4 rings (SSSR count). The first kappa shape index (κ1) is 25.5. The van der Waals surface area contributed by atoms with Crippen molar-refractivity contribution in [1.82, 2.24) is 15.1 Å². The highest BCUT2D eigenvalue weighted by Gasteiger charge is 2.17. The van der Waals surface area contributed by atoms with Gasteiger partial charge in [-0.2, -0.15) is 0 Å². The highest BCUT2D eigenvalue weighted by molar-refractivity contribution is 6.42. The second-order valence-corrected chi connectivity index (χ2v) is 9.72. The van der Waals surface area contributed by atoms with Crippen molar-refractivity contribution in [3.05, 3.63) is 87.9 Å². The molecule has 35 heavy (non-hydrogen) atoms. The van der Waals surface area contributed by atoms with Gasteiger partial charge in [-0.05, 0) is 54.4 Å². The van der Waals surface area contributed by atoms with Crippen molar-refractivity contribution in [2.45, 2.75) is 13.0 Å². The predicted octanol–water partition coefficient (Wildman–Crippen LogP) is 5.15. The summed E-state index contributed by atoms with van der Waals surface area (Å²) in [6.07, 6.45) is 0.791. The second kappa shape index (κ2) is 12.4. The lowest BCUT2D eigenvalue weighted by Gasteiger charge is -2.32. The molecule has 1 saturated heterocycles. The molecule has 7 heteroatoms. The fourth-order valence-electron chi connectivity index (χ4n) is 4.13. The number of amides is 1. The summed E-state index contributed by atoms with van der Waals surface area (Å²) >= 11 is 12.4. The number of hydrogen-bond acceptors (Lipinski definition) is 4.